The molecule has 4 rings (SSSR count). The largest absolute Gasteiger partial charge is 0.377 e. The summed E-state index contributed by atoms with van der Waals surface area (Å²) in [5.74, 6) is -0.547. The molecule has 0 saturated heterocycles. The van der Waals surface area contributed by atoms with Gasteiger partial charge in [-0.25, -0.2) is 4.79 Å². The molecule has 6 heteroatoms. The molecule has 166 valence electrons. The zero-order valence-electron chi connectivity index (χ0n) is 18.4. The highest BCUT2D eigenvalue weighted by Gasteiger charge is 2.65. The molecular formula is C26H27NO4S. The van der Waals surface area contributed by atoms with Crippen LogP contribution in [-0.2, 0) is 19.7 Å². The van der Waals surface area contributed by atoms with E-state index in [0.717, 1.165) is 6.42 Å². The molecule has 2 aromatic carbocycles. The van der Waals surface area contributed by atoms with Crippen LogP contribution in [0.4, 0.5) is 0 Å². The van der Waals surface area contributed by atoms with Crippen LogP contribution >= 0.6 is 12.2 Å². The molecule has 1 aliphatic carbocycles. The van der Waals surface area contributed by atoms with Crippen LogP contribution in [0, 0.1) is 10.6 Å². The molecule has 0 aliphatic heterocycles. The number of carbonyl (C=O) groups excluding carboxylic acids is 1. The molecule has 0 spiro atoms. The summed E-state index contributed by atoms with van der Waals surface area (Å²) in [5.41, 5.74) is 0.771. The quantitative estimate of drug-likeness (QED) is 0.471. The summed E-state index contributed by atoms with van der Waals surface area (Å²) < 4.78 is 13.4. The number of nitrogens with zero attached hydrogens (tertiary/aromatic N) is 1. The van der Waals surface area contributed by atoms with Crippen molar-refractivity contribution in [1.82, 2.24) is 4.73 Å². The molecule has 5 nitrogen and oxygen atoms in total. The number of hydrogen-bond acceptors (Lipinski definition) is 5. The molecule has 1 heterocycles. The summed E-state index contributed by atoms with van der Waals surface area (Å²) >= 11 is 5.27. The number of ether oxygens (including phenoxy) is 2. The van der Waals surface area contributed by atoms with Crippen LogP contribution in [0.25, 0.3) is 0 Å². The van der Waals surface area contributed by atoms with E-state index in [1.807, 2.05) is 36.4 Å². The van der Waals surface area contributed by atoms with Gasteiger partial charge in [0.1, 0.15) is 10.7 Å². The third-order valence-corrected chi connectivity index (χ3v) is 6.87. The van der Waals surface area contributed by atoms with Gasteiger partial charge >= 0.3 is 5.97 Å². The van der Waals surface area contributed by atoms with E-state index in [2.05, 4.69) is 24.3 Å². The predicted molar refractivity (Wildman–Crippen MR) is 125 cm³/mol. The number of rotatable bonds is 8. The molecule has 0 radical (unpaired) electrons. The van der Waals surface area contributed by atoms with Crippen molar-refractivity contribution in [2.45, 2.75) is 30.5 Å². The summed E-state index contributed by atoms with van der Waals surface area (Å²) in [6.07, 6.45) is 1.89. The van der Waals surface area contributed by atoms with E-state index in [-0.39, 0.29) is 11.3 Å². The van der Waals surface area contributed by atoms with Crippen LogP contribution in [0.15, 0.2) is 85.1 Å². The van der Waals surface area contributed by atoms with Crippen molar-refractivity contribution in [3.63, 3.8) is 0 Å². The van der Waals surface area contributed by atoms with Crippen LogP contribution in [-0.4, -0.2) is 36.6 Å². The van der Waals surface area contributed by atoms with Gasteiger partial charge in [0.15, 0.2) is 5.60 Å². The first-order valence-corrected chi connectivity index (χ1v) is 11.0. The Morgan fingerprint density at radius 3 is 2.06 bits per heavy atom. The van der Waals surface area contributed by atoms with Crippen LogP contribution in [0.2, 0.25) is 0 Å². The monoisotopic (exact) mass is 449 g/mol. The third kappa shape index (κ3) is 3.79. The number of methoxy groups -OCH3 is 2. The second-order valence-corrected chi connectivity index (χ2v) is 8.64. The minimum Gasteiger partial charge on any atom is -0.377 e. The van der Waals surface area contributed by atoms with E-state index in [1.54, 1.807) is 38.4 Å². The van der Waals surface area contributed by atoms with Crippen LogP contribution in [0.5, 0.6) is 0 Å². The minimum atomic E-state index is -1.34. The maximum absolute atomic E-state index is 13.3. The third-order valence-electron chi connectivity index (χ3n) is 6.55. The number of carbonyl (C=O) groups is 1. The smallest absolute Gasteiger partial charge is 0.366 e. The molecular weight excluding hydrogens is 422 g/mol. The Labute approximate surface area is 193 Å². The SMILES string of the molecule is COC(C1CC1(c1ccccc1)c1ccccc1)C(C)(OC)C(=O)On1ccccc1=S. The first kappa shape index (κ1) is 22.4. The highest BCUT2D eigenvalue weighted by Crippen LogP contribution is 2.62. The standard InChI is InChI=1S/C26H27NO4S/c1-25(30-3,24(28)31-27-17-11-10-16-22(27)32)23(29-2)21-18-26(21,19-12-6-4-7-13-19)20-14-8-5-9-15-20/h4-17,21,23H,18H2,1-3H3. The van der Waals surface area contributed by atoms with Gasteiger partial charge in [-0.2, -0.15) is 4.73 Å². The summed E-state index contributed by atoms with van der Waals surface area (Å²) in [6, 6.07) is 25.9. The maximum Gasteiger partial charge on any atom is 0.366 e. The van der Waals surface area contributed by atoms with E-state index < -0.39 is 17.7 Å². The topological polar surface area (TPSA) is 49.7 Å². The average molecular weight is 450 g/mol. The second kappa shape index (κ2) is 8.98. The van der Waals surface area contributed by atoms with Gasteiger partial charge < -0.3 is 14.3 Å². The van der Waals surface area contributed by atoms with E-state index in [9.17, 15) is 4.79 Å². The number of aromatic nitrogens is 1. The molecule has 3 unspecified atom stereocenters. The van der Waals surface area contributed by atoms with E-state index in [4.69, 9.17) is 26.5 Å². The number of benzene rings is 2. The van der Waals surface area contributed by atoms with E-state index in [1.165, 1.54) is 23.0 Å². The molecule has 0 bridgehead atoms. The van der Waals surface area contributed by atoms with Gasteiger partial charge in [-0.05, 0) is 36.6 Å². The van der Waals surface area contributed by atoms with Gasteiger partial charge in [0.25, 0.3) is 0 Å². The molecule has 3 atom stereocenters. The van der Waals surface area contributed by atoms with Gasteiger partial charge in [0, 0.05) is 31.7 Å². The molecule has 1 aliphatic rings. The van der Waals surface area contributed by atoms with E-state index >= 15 is 0 Å². The fourth-order valence-electron chi connectivity index (χ4n) is 4.71. The summed E-state index contributed by atoms with van der Waals surface area (Å²) in [7, 11) is 3.12. The Hall–Kier alpha value is -2.80. The zero-order chi connectivity index (χ0) is 22.8. The highest BCUT2D eigenvalue weighted by molar-refractivity contribution is 7.71. The Kier molecular flexibility index (Phi) is 6.29. The van der Waals surface area contributed by atoms with Gasteiger partial charge in [0.2, 0.25) is 0 Å². The lowest BCUT2D eigenvalue weighted by atomic mass is 9.81. The summed E-state index contributed by atoms with van der Waals surface area (Å²) in [5, 5.41) is 0. The van der Waals surface area contributed by atoms with Crippen LogP contribution in [0.3, 0.4) is 0 Å². The predicted octanol–water partition coefficient (Wildman–Crippen LogP) is 4.60. The molecule has 0 amide bonds. The lowest BCUT2D eigenvalue weighted by Crippen LogP contribution is -2.54. The normalized spacial score (nSPS) is 19.5. The first-order chi connectivity index (χ1) is 15.5. The molecule has 1 saturated carbocycles. The van der Waals surface area contributed by atoms with Gasteiger partial charge in [-0.1, -0.05) is 78.9 Å². The first-order valence-electron chi connectivity index (χ1n) is 10.6. The van der Waals surface area contributed by atoms with Gasteiger partial charge in [-0.3, -0.25) is 0 Å². The highest BCUT2D eigenvalue weighted by atomic mass is 32.1. The second-order valence-electron chi connectivity index (χ2n) is 8.22. The van der Waals surface area contributed by atoms with Crippen molar-refractivity contribution in [2.75, 3.05) is 14.2 Å². The summed E-state index contributed by atoms with van der Waals surface area (Å²) in [4.78, 5) is 19.0. The van der Waals surface area contributed by atoms with Crippen LogP contribution in [0.1, 0.15) is 24.5 Å². The van der Waals surface area contributed by atoms with Crippen LogP contribution < -0.4 is 4.84 Å². The lowest BCUT2D eigenvalue weighted by molar-refractivity contribution is -0.186. The Bertz CT molecular complexity index is 1090. The molecule has 3 aromatic rings. The maximum atomic E-state index is 13.3. The fraction of sp³-hybridized carbons (Fsp3) is 0.308. The summed E-state index contributed by atoms with van der Waals surface area (Å²) in [6.45, 7) is 1.72. The number of hydrogen-bond donors (Lipinski definition) is 0. The van der Waals surface area contributed by atoms with Gasteiger partial charge in [-0.15, -0.1) is 0 Å². The molecule has 1 fully saturated rings. The Morgan fingerprint density at radius 2 is 1.56 bits per heavy atom. The molecule has 1 aromatic heterocycles. The Balaban J connectivity index is 1.71. The zero-order valence-corrected chi connectivity index (χ0v) is 19.2. The lowest BCUT2D eigenvalue weighted by Gasteiger charge is -2.35. The van der Waals surface area contributed by atoms with Crippen molar-refractivity contribution in [2.24, 2.45) is 5.92 Å². The van der Waals surface area contributed by atoms with Gasteiger partial charge in [0.05, 0.1) is 0 Å². The minimum absolute atomic E-state index is 0.0125. The van der Waals surface area contributed by atoms with Crippen molar-refractivity contribution in [3.05, 3.63) is 101 Å². The average Bonchev–Trinajstić information content (AvgIpc) is 3.58. The van der Waals surface area contributed by atoms with Crippen molar-refractivity contribution < 1.29 is 19.1 Å². The van der Waals surface area contributed by atoms with Crippen molar-refractivity contribution in [1.29, 1.82) is 0 Å². The Morgan fingerprint density at radius 1 is 1.00 bits per heavy atom. The van der Waals surface area contributed by atoms with Crippen molar-refractivity contribution >= 4 is 18.2 Å². The van der Waals surface area contributed by atoms with Crippen molar-refractivity contribution in [3.8, 4) is 0 Å². The number of pyridine rings is 1. The fourth-order valence-corrected chi connectivity index (χ4v) is 4.89. The molecule has 32 heavy (non-hydrogen) atoms. The molecule has 0 N–H and O–H groups in total. The van der Waals surface area contributed by atoms with E-state index in [0.29, 0.717) is 4.64 Å².